The number of benzene rings is 2. The average molecular weight is 395 g/mol. The molecule has 3 aromatic rings. The normalized spacial score (nSPS) is 14.1. The van der Waals surface area contributed by atoms with Gasteiger partial charge in [0.25, 0.3) is 0 Å². The summed E-state index contributed by atoms with van der Waals surface area (Å²) in [6, 6.07) is 15.3. The standard InChI is InChI=1S/C21H22N4O4/c1-15-3-5-16(6-4-15)23-11-13-24(14-12-23)20(26)19-21(27)29-22-25(19)17-7-9-18(28-2)10-8-17/h3-10H,11-14H2,1-2H3/p+1. The Labute approximate surface area is 167 Å². The van der Waals surface area contributed by atoms with Crippen molar-refractivity contribution in [3.8, 4) is 11.4 Å². The van der Waals surface area contributed by atoms with Gasteiger partial charge in [-0.25, -0.2) is 4.79 Å². The highest BCUT2D eigenvalue weighted by Gasteiger charge is 2.35. The Hall–Kier alpha value is -3.55. The summed E-state index contributed by atoms with van der Waals surface area (Å²) in [6.07, 6.45) is 0. The number of ether oxygens (including phenoxy) is 1. The molecule has 0 atom stereocenters. The van der Waals surface area contributed by atoms with Crippen molar-refractivity contribution in [3.05, 3.63) is 70.2 Å². The zero-order valence-electron chi connectivity index (χ0n) is 16.4. The summed E-state index contributed by atoms with van der Waals surface area (Å²) in [5, 5.41) is 2.52. The molecule has 0 unspecified atom stereocenters. The lowest BCUT2D eigenvalue weighted by Gasteiger charge is -2.35. The van der Waals surface area contributed by atoms with E-state index in [4.69, 9.17) is 9.26 Å². The van der Waals surface area contributed by atoms with Gasteiger partial charge < -0.3 is 14.5 Å². The van der Waals surface area contributed by atoms with Crippen LogP contribution in [0.4, 0.5) is 5.69 Å². The van der Waals surface area contributed by atoms with Crippen LogP contribution < -0.4 is 19.9 Å². The number of aryl methyl sites for hydroxylation is 1. The molecule has 4 rings (SSSR count). The maximum Gasteiger partial charge on any atom is 0.441 e. The number of aromatic amines is 1. The highest BCUT2D eigenvalue weighted by molar-refractivity contribution is 5.90. The van der Waals surface area contributed by atoms with Crippen LogP contribution in [0, 0.1) is 6.92 Å². The highest BCUT2D eigenvalue weighted by Crippen LogP contribution is 2.18. The molecular weight excluding hydrogens is 372 g/mol. The van der Waals surface area contributed by atoms with Gasteiger partial charge in [-0.1, -0.05) is 17.7 Å². The van der Waals surface area contributed by atoms with Crippen LogP contribution in [0.3, 0.4) is 0 Å². The third-order valence-corrected chi connectivity index (χ3v) is 5.15. The molecular formula is C21H23N4O4+. The second-order valence-electron chi connectivity index (χ2n) is 6.98. The molecule has 0 spiro atoms. The molecule has 8 heteroatoms. The van der Waals surface area contributed by atoms with E-state index in [1.165, 1.54) is 10.2 Å². The molecule has 1 fully saturated rings. The quantitative estimate of drug-likeness (QED) is 0.678. The number of hydrogen-bond donors (Lipinski definition) is 1. The van der Waals surface area contributed by atoms with Crippen molar-refractivity contribution in [2.75, 3.05) is 38.2 Å². The predicted molar refractivity (Wildman–Crippen MR) is 107 cm³/mol. The van der Waals surface area contributed by atoms with Gasteiger partial charge in [0.05, 0.1) is 7.11 Å². The number of nitrogens with one attached hydrogen (secondary N) is 1. The minimum atomic E-state index is -0.688. The van der Waals surface area contributed by atoms with Gasteiger partial charge in [-0.2, -0.15) is 0 Å². The van der Waals surface area contributed by atoms with E-state index in [2.05, 4.69) is 41.4 Å². The summed E-state index contributed by atoms with van der Waals surface area (Å²) < 4.78 is 11.4. The van der Waals surface area contributed by atoms with Crippen molar-refractivity contribution in [1.82, 2.24) is 10.2 Å². The van der Waals surface area contributed by atoms with E-state index in [1.807, 2.05) is 0 Å². The van der Waals surface area contributed by atoms with E-state index in [9.17, 15) is 9.59 Å². The van der Waals surface area contributed by atoms with E-state index < -0.39 is 5.63 Å². The van der Waals surface area contributed by atoms with Crippen LogP contribution >= 0.6 is 0 Å². The van der Waals surface area contributed by atoms with E-state index in [0.29, 0.717) is 37.6 Å². The van der Waals surface area contributed by atoms with E-state index in [-0.39, 0.29) is 11.6 Å². The van der Waals surface area contributed by atoms with Gasteiger partial charge in [0.2, 0.25) is 5.69 Å². The first-order valence-corrected chi connectivity index (χ1v) is 9.45. The minimum Gasteiger partial charge on any atom is -0.497 e. The van der Waals surface area contributed by atoms with Gasteiger partial charge in [0, 0.05) is 44.0 Å². The number of rotatable bonds is 4. The topological polar surface area (TPSA) is 82.7 Å². The number of methoxy groups -OCH3 is 1. The van der Waals surface area contributed by atoms with E-state index in [1.54, 1.807) is 36.3 Å². The minimum absolute atomic E-state index is 0.0426. The van der Waals surface area contributed by atoms with Gasteiger partial charge in [0.15, 0.2) is 0 Å². The Morgan fingerprint density at radius 1 is 1.03 bits per heavy atom. The molecule has 8 nitrogen and oxygen atoms in total. The van der Waals surface area contributed by atoms with Gasteiger partial charge in [0.1, 0.15) is 5.75 Å². The van der Waals surface area contributed by atoms with Crippen LogP contribution in [0.2, 0.25) is 0 Å². The number of carbonyl (C=O) groups excluding carboxylic acids is 1. The van der Waals surface area contributed by atoms with Crippen LogP contribution in [0.15, 0.2) is 57.8 Å². The predicted octanol–water partition coefficient (Wildman–Crippen LogP) is 1.52. The first-order valence-electron chi connectivity index (χ1n) is 9.45. The Bertz CT molecular complexity index is 1050. The Kier molecular flexibility index (Phi) is 5.07. The Balaban J connectivity index is 1.51. The number of piperazine rings is 1. The fourth-order valence-corrected chi connectivity index (χ4v) is 3.44. The third kappa shape index (κ3) is 3.73. The summed E-state index contributed by atoms with van der Waals surface area (Å²) in [5.74, 6) is 0.333. The van der Waals surface area contributed by atoms with Crippen LogP contribution in [0.1, 0.15) is 16.1 Å². The lowest BCUT2D eigenvalue weighted by atomic mass is 10.2. The first-order chi connectivity index (χ1) is 14.1. The summed E-state index contributed by atoms with van der Waals surface area (Å²) >= 11 is 0. The number of hydrogen-bond acceptors (Lipinski definition) is 5. The van der Waals surface area contributed by atoms with Crippen molar-refractivity contribution in [1.29, 1.82) is 0 Å². The second-order valence-corrected chi connectivity index (χ2v) is 6.98. The van der Waals surface area contributed by atoms with Crippen LogP contribution in [-0.4, -0.2) is 49.4 Å². The monoisotopic (exact) mass is 395 g/mol. The van der Waals surface area contributed by atoms with Crippen molar-refractivity contribution in [2.24, 2.45) is 0 Å². The molecule has 0 saturated carbocycles. The van der Waals surface area contributed by atoms with E-state index in [0.717, 1.165) is 5.69 Å². The van der Waals surface area contributed by atoms with Crippen molar-refractivity contribution < 1.29 is 18.7 Å². The molecule has 1 saturated heterocycles. The molecule has 1 aliphatic heterocycles. The molecule has 1 amide bonds. The maximum absolute atomic E-state index is 13.1. The molecule has 0 radical (unpaired) electrons. The molecule has 0 bridgehead atoms. The van der Waals surface area contributed by atoms with Crippen molar-refractivity contribution in [3.63, 3.8) is 0 Å². The average Bonchev–Trinajstić information content (AvgIpc) is 3.15. The summed E-state index contributed by atoms with van der Waals surface area (Å²) in [7, 11) is 1.58. The number of anilines is 1. The molecule has 1 aromatic heterocycles. The molecule has 29 heavy (non-hydrogen) atoms. The Morgan fingerprint density at radius 3 is 2.31 bits per heavy atom. The highest BCUT2D eigenvalue weighted by atomic mass is 16.5. The number of amides is 1. The van der Waals surface area contributed by atoms with Crippen LogP contribution in [0.5, 0.6) is 5.75 Å². The summed E-state index contributed by atoms with van der Waals surface area (Å²) in [4.78, 5) is 29.2. The molecule has 1 aliphatic rings. The number of H-pyrrole nitrogens is 1. The second kappa shape index (κ2) is 7.83. The fourth-order valence-electron chi connectivity index (χ4n) is 3.44. The molecule has 2 aromatic carbocycles. The SMILES string of the molecule is COc1ccc(-[n+]2[nH]oc(=O)c2C(=O)N2CCN(c3ccc(C)cc3)CC2)cc1. The molecule has 1 N–H and O–H groups in total. The van der Waals surface area contributed by atoms with Crippen LogP contribution in [0.25, 0.3) is 5.69 Å². The molecule has 150 valence electrons. The molecule has 0 aliphatic carbocycles. The van der Waals surface area contributed by atoms with Gasteiger partial charge in [-0.15, -0.1) is 0 Å². The lowest BCUT2D eigenvalue weighted by Crippen LogP contribution is -2.53. The zero-order valence-corrected chi connectivity index (χ0v) is 16.4. The zero-order chi connectivity index (χ0) is 20.4. The molecule has 2 heterocycles. The third-order valence-electron chi connectivity index (χ3n) is 5.15. The summed E-state index contributed by atoms with van der Waals surface area (Å²) in [5.41, 5.74) is 2.23. The Morgan fingerprint density at radius 2 is 1.69 bits per heavy atom. The van der Waals surface area contributed by atoms with Gasteiger partial charge in [-0.05, 0) is 41.1 Å². The number of aromatic nitrogens is 2. The van der Waals surface area contributed by atoms with Gasteiger partial charge in [-0.3, -0.25) is 9.32 Å². The number of nitrogens with zero attached hydrogens (tertiary/aromatic N) is 3. The van der Waals surface area contributed by atoms with Crippen molar-refractivity contribution >= 4 is 11.6 Å². The van der Waals surface area contributed by atoms with E-state index >= 15 is 0 Å². The smallest absolute Gasteiger partial charge is 0.441 e. The van der Waals surface area contributed by atoms with Crippen molar-refractivity contribution in [2.45, 2.75) is 6.92 Å². The number of carbonyl (C=O) groups is 1. The van der Waals surface area contributed by atoms with Gasteiger partial charge >= 0.3 is 17.2 Å². The first kappa shape index (κ1) is 18.8. The largest absolute Gasteiger partial charge is 0.497 e. The fraction of sp³-hybridized carbons (Fsp3) is 0.286. The van der Waals surface area contributed by atoms with Crippen LogP contribution in [-0.2, 0) is 0 Å². The maximum atomic E-state index is 13.1. The summed E-state index contributed by atoms with van der Waals surface area (Å²) in [6.45, 7) is 4.51. The lowest BCUT2D eigenvalue weighted by molar-refractivity contribution is -0.672.